The number of nitrogens with two attached hydrogens (primary N) is 1. The lowest BCUT2D eigenvalue weighted by molar-refractivity contribution is 0.551. The number of thiophene rings is 1. The molecule has 3 N–H and O–H groups in total. The molecule has 0 aliphatic heterocycles. The Morgan fingerprint density at radius 1 is 1.28 bits per heavy atom. The second-order valence-electron chi connectivity index (χ2n) is 4.10. The van der Waals surface area contributed by atoms with Gasteiger partial charge in [0.1, 0.15) is 0 Å². The van der Waals surface area contributed by atoms with Crippen LogP contribution in [0.3, 0.4) is 0 Å². The minimum absolute atomic E-state index is 0.0912. The third kappa shape index (κ3) is 3.05. The first-order valence-electron chi connectivity index (χ1n) is 5.56. The molecule has 0 spiro atoms. The summed E-state index contributed by atoms with van der Waals surface area (Å²) in [5.74, 6) is 5.64. The maximum Gasteiger partial charge on any atom is 0.0595 e. The van der Waals surface area contributed by atoms with Crippen molar-refractivity contribution >= 4 is 34.5 Å². The molecule has 0 saturated heterocycles. The second kappa shape index (κ2) is 6.04. The van der Waals surface area contributed by atoms with Crippen molar-refractivity contribution in [2.75, 3.05) is 0 Å². The van der Waals surface area contributed by atoms with Gasteiger partial charge < -0.3 is 0 Å². The topological polar surface area (TPSA) is 38.0 Å². The van der Waals surface area contributed by atoms with Crippen LogP contribution in [0.1, 0.15) is 22.0 Å². The molecule has 96 valence electrons. The maximum atomic E-state index is 6.02. The van der Waals surface area contributed by atoms with Crippen LogP contribution in [0.5, 0.6) is 0 Å². The third-order valence-corrected chi connectivity index (χ3v) is 4.50. The second-order valence-corrected chi connectivity index (χ2v) is 6.04. The van der Waals surface area contributed by atoms with Gasteiger partial charge >= 0.3 is 0 Å². The van der Waals surface area contributed by atoms with E-state index >= 15 is 0 Å². The molecule has 1 atom stereocenters. The van der Waals surface area contributed by atoms with Crippen LogP contribution in [0.2, 0.25) is 10.0 Å². The predicted octanol–water partition coefficient (Wildman–Crippen LogP) is 4.11. The lowest BCUT2D eigenvalue weighted by Crippen LogP contribution is -2.29. The number of nitrogens with one attached hydrogen (secondary N) is 1. The average molecular weight is 301 g/mol. The Labute approximate surface area is 121 Å². The lowest BCUT2D eigenvalue weighted by atomic mass is 10.0. The van der Waals surface area contributed by atoms with Crippen LogP contribution in [-0.4, -0.2) is 0 Å². The Bertz CT molecular complexity index is 540. The zero-order valence-corrected chi connectivity index (χ0v) is 12.2. The van der Waals surface area contributed by atoms with E-state index in [0.717, 1.165) is 12.0 Å². The van der Waals surface area contributed by atoms with Crippen molar-refractivity contribution in [3.05, 3.63) is 55.7 Å². The summed E-state index contributed by atoms with van der Waals surface area (Å²) >= 11 is 13.6. The van der Waals surface area contributed by atoms with Gasteiger partial charge in [0.15, 0.2) is 0 Å². The summed E-state index contributed by atoms with van der Waals surface area (Å²) in [5.41, 5.74) is 5.20. The molecule has 18 heavy (non-hydrogen) atoms. The SMILES string of the molecule is Cc1sccc1C(Cc1ccc(Cl)c(Cl)c1)NN. The van der Waals surface area contributed by atoms with Gasteiger partial charge in [-0.15, -0.1) is 11.3 Å². The van der Waals surface area contributed by atoms with Crippen LogP contribution in [-0.2, 0) is 6.42 Å². The fraction of sp³-hybridized carbons (Fsp3) is 0.231. The van der Waals surface area contributed by atoms with Crippen molar-refractivity contribution < 1.29 is 0 Å². The molecule has 2 aromatic rings. The van der Waals surface area contributed by atoms with Gasteiger partial charge in [-0.25, -0.2) is 0 Å². The quantitative estimate of drug-likeness (QED) is 0.659. The van der Waals surface area contributed by atoms with Gasteiger partial charge in [-0.05, 0) is 48.1 Å². The first-order chi connectivity index (χ1) is 8.61. The summed E-state index contributed by atoms with van der Waals surface area (Å²) in [5, 5.41) is 3.22. The van der Waals surface area contributed by atoms with Gasteiger partial charge in [0.25, 0.3) is 0 Å². The third-order valence-electron chi connectivity index (χ3n) is 2.90. The molecule has 1 aromatic heterocycles. The summed E-state index contributed by atoms with van der Waals surface area (Å²) in [6.07, 6.45) is 0.783. The molecule has 2 rings (SSSR count). The molecule has 1 unspecified atom stereocenters. The molecular weight excluding hydrogens is 287 g/mol. The number of rotatable bonds is 4. The van der Waals surface area contributed by atoms with Gasteiger partial charge in [-0.2, -0.15) is 0 Å². The highest BCUT2D eigenvalue weighted by molar-refractivity contribution is 7.10. The van der Waals surface area contributed by atoms with Crippen LogP contribution in [0.4, 0.5) is 0 Å². The first kappa shape index (κ1) is 13.8. The Kier molecular flexibility index (Phi) is 4.65. The van der Waals surface area contributed by atoms with Crippen molar-refractivity contribution in [3.8, 4) is 0 Å². The van der Waals surface area contributed by atoms with Crippen molar-refractivity contribution in [3.63, 3.8) is 0 Å². The monoisotopic (exact) mass is 300 g/mol. The Balaban J connectivity index is 2.20. The summed E-state index contributed by atoms with van der Waals surface area (Å²) in [6, 6.07) is 7.86. The molecule has 0 fully saturated rings. The summed E-state index contributed by atoms with van der Waals surface area (Å²) < 4.78 is 0. The number of hydrogen-bond acceptors (Lipinski definition) is 3. The summed E-state index contributed by atoms with van der Waals surface area (Å²) in [6.45, 7) is 2.10. The van der Waals surface area contributed by atoms with E-state index in [1.807, 2.05) is 18.2 Å². The maximum absolute atomic E-state index is 6.02. The molecule has 2 nitrogen and oxygen atoms in total. The van der Waals surface area contributed by atoms with Crippen LogP contribution in [0.25, 0.3) is 0 Å². The number of hydrazine groups is 1. The van der Waals surface area contributed by atoms with Crippen molar-refractivity contribution in [2.45, 2.75) is 19.4 Å². The molecule has 0 bridgehead atoms. The van der Waals surface area contributed by atoms with Gasteiger partial charge in [0.05, 0.1) is 16.1 Å². The average Bonchev–Trinajstić information content (AvgIpc) is 2.77. The molecule has 1 heterocycles. The zero-order chi connectivity index (χ0) is 13.1. The number of benzene rings is 1. The highest BCUT2D eigenvalue weighted by Crippen LogP contribution is 2.28. The largest absolute Gasteiger partial charge is 0.271 e. The normalized spacial score (nSPS) is 12.7. The minimum atomic E-state index is 0.0912. The Morgan fingerprint density at radius 3 is 2.61 bits per heavy atom. The highest BCUT2D eigenvalue weighted by atomic mass is 35.5. The van der Waals surface area contributed by atoms with Crippen molar-refractivity contribution in [1.29, 1.82) is 0 Å². The number of halogens is 2. The van der Waals surface area contributed by atoms with E-state index in [1.54, 1.807) is 11.3 Å². The Morgan fingerprint density at radius 2 is 2.06 bits per heavy atom. The summed E-state index contributed by atoms with van der Waals surface area (Å²) in [7, 11) is 0. The van der Waals surface area contributed by atoms with E-state index in [4.69, 9.17) is 29.0 Å². The lowest BCUT2D eigenvalue weighted by Gasteiger charge is -2.16. The Hall–Kier alpha value is -0.580. The van der Waals surface area contributed by atoms with Crippen LogP contribution < -0.4 is 11.3 Å². The molecule has 0 amide bonds. The summed E-state index contributed by atoms with van der Waals surface area (Å²) in [4.78, 5) is 1.28. The van der Waals surface area contributed by atoms with Crippen molar-refractivity contribution in [2.24, 2.45) is 5.84 Å². The molecule has 1 aromatic carbocycles. The molecular formula is C13H14Cl2N2S. The van der Waals surface area contributed by atoms with Gasteiger partial charge in [0.2, 0.25) is 0 Å². The van der Waals surface area contributed by atoms with E-state index in [9.17, 15) is 0 Å². The van der Waals surface area contributed by atoms with Crippen molar-refractivity contribution in [1.82, 2.24) is 5.43 Å². The van der Waals surface area contributed by atoms with Crippen LogP contribution >= 0.6 is 34.5 Å². The smallest absolute Gasteiger partial charge is 0.0595 e. The van der Waals surface area contributed by atoms with Gasteiger partial charge in [-0.3, -0.25) is 11.3 Å². The van der Waals surface area contributed by atoms with E-state index < -0.39 is 0 Å². The van der Waals surface area contributed by atoms with E-state index in [2.05, 4.69) is 23.8 Å². The van der Waals surface area contributed by atoms with E-state index in [-0.39, 0.29) is 6.04 Å². The van der Waals surface area contributed by atoms with Gasteiger partial charge in [0, 0.05) is 4.88 Å². The predicted molar refractivity (Wildman–Crippen MR) is 79.3 cm³/mol. The number of hydrogen-bond donors (Lipinski definition) is 2. The zero-order valence-electron chi connectivity index (χ0n) is 9.91. The van der Waals surface area contributed by atoms with E-state index in [0.29, 0.717) is 10.0 Å². The van der Waals surface area contributed by atoms with Gasteiger partial charge in [-0.1, -0.05) is 29.3 Å². The number of aryl methyl sites for hydroxylation is 1. The van der Waals surface area contributed by atoms with Crippen LogP contribution in [0.15, 0.2) is 29.6 Å². The molecule has 0 aliphatic rings. The highest BCUT2D eigenvalue weighted by Gasteiger charge is 2.14. The fourth-order valence-corrected chi connectivity index (χ4v) is 3.00. The molecule has 0 aliphatic carbocycles. The van der Waals surface area contributed by atoms with Crippen LogP contribution in [0, 0.1) is 6.92 Å². The molecule has 0 saturated carbocycles. The standard InChI is InChI=1S/C13H14Cl2N2S/c1-8-10(4-5-18-8)13(17-16)7-9-2-3-11(14)12(15)6-9/h2-6,13,17H,7,16H2,1H3. The molecule has 5 heteroatoms. The fourth-order valence-electron chi connectivity index (χ4n) is 1.92. The first-order valence-corrected chi connectivity index (χ1v) is 7.19. The minimum Gasteiger partial charge on any atom is -0.271 e. The van der Waals surface area contributed by atoms with E-state index in [1.165, 1.54) is 10.4 Å². The molecule has 0 radical (unpaired) electrons.